The number of hydrogen-bond acceptors (Lipinski definition) is 5. The Balaban J connectivity index is 1.99. The topological polar surface area (TPSA) is 98.1 Å². The van der Waals surface area contributed by atoms with E-state index in [0.717, 1.165) is 5.56 Å². The lowest BCUT2D eigenvalue weighted by Gasteiger charge is -2.19. The third-order valence-corrected chi connectivity index (χ3v) is 6.28. The number of halogens is 1. The molecule has 0 saturated carbocycles. The van der Waals surface area contributed by atoms with E-state index in [0.29, 0.717) is 0 Å². The first-order chi connectivity index (χ1) is 14.4. The minimum atomic E-state index is -4.00. The number of ketones is 1. The monoisotopic (exact) mass is 459 g/mol. The first kappa shape index (κ1) is 22.7. The van der Waals surface area contributed by atoms with E-state index in [-0.39, 0.29) is 37.8 Å². The molecule has 1 aromatic carbocycles. The van der Waals surface area contributed by atoms with Crippen LogP contribution in [0.5, 0.6) is 0 Å². The standard InChI is InChI=1S/C22H22ClN3O4S/c1-22(2,3)15-6-8-17(9-7-15)31(29,30)25-18-11-16(23)12-24-20(18)21(28)14-5-10-19(27)26(4)13-14/h5-13,25H,1-4H3. The van der Waals surface area contributed by atoms with Gasteiger partial charge in [-0.2, -0.15) is 0 Å². The number of carbonyl (C=O) groups excluding carboxylic acids is 1. The summed E-state index contributed by atoms with van der Waals surface area (Å²) < 4.78 is 29.6. The third kappa shape index (κ3) is 5.03. The summed E-state index contributed by atoms with van der Waals surface area (Å²) >= 11 is 6.01. The molecule has 0 spiro atoms. The van der Waals surface area contributed by atoms with E-state index < -0.39 is 15.8 Å². The number of pyridine rings is 2. The van der Waals surface area contributed by atoms with Crippen molar-refractivity contribution in [1.29, 1.82) is 0 Å². The zero-order valence-electron chi connectivity index (χ0n) is 17.5. The molecule has 2 heterocycles. The van der Waals surface area contributed by atoms with Crippen LogP contribution in [0.25, 0.3) is 0 Å². The predicted molar refractivity (Wildman–Crippen MR) is 120 cm³/mol. The molecule has 0 bridgehead atoms. The lowest BCUT2D eigenvalue weighted by Crippen LogP contribution is -2.19. The Bertz CT molecular complexity index is 1310. The third-order valence-electron chi connectivity index (χ3n) is 4.69. The number of hydrogen-bond donors (Lipinski definition) is 1. The van der Waals surface area contributed by atoms with Gasteiger partial charge >= 0.3 is 0 Å². The SMILES string of the molecule is Cn1cc(C(=O)c2ncc(Cl)cc2NS(=O)(=O)c2ccc(C(C)(C)C)cc2)ccc1=O. The summed E-state index contributed by atoms with van der Waals surface area (Å²) in [4.78, 5) is 28.6. The van der Waals surface area contributed by atoms with Crippen LogP contribution in [0.2, 0.25) is 5.02 Å². The first-order valence-corrected chi connectivity index (χ1v) is 11.2. The van der Waals surface area contributed by atoms with E-state index >= 15 is 0 Å². The van der Waals surface area contributed by atoms with Crippen molar-refractivity contribution in [2.24, 2.45) is 7.05 Å². The van der Waals surface area contributed by atoms with Crippen LogP contribution < -0.4 is 10.3 Å². The summed E-state index contributed by atoms with van der Waals surface area (Å²) in [5.41, 5.74) is 0.597. The molecule has 0 fully saturated rings. The van der Waals surface area contributed by atoms with Crippen LogP contribution in [0, 0.1) is 0 Å². The molecular formula is C22H22ClN3O4S. The van der Waals surface area contributed by atoms with Gasteiger partial charge in [0.1, 0.15) is 5.69 Å². The van der Waals surface area contributed by atoms with Crippen molar-refractivity contribution < 1.29 is 13.2 Å². The van der Waals surface area contributed by atoms with Crippen molar-refractivity contribution in [3.05, 3.63) is 87.1 Å². The fraction of sp³-hybridized carbons (Fsp3) is 0.227. The van der Waals surface area contributed by atoms with Crippen molar-refractivity contribution in [1.82, 2.24) is 9.55 Å². The smallest absolute Gasteiger partial charge is 0.261 e. The molecule has 0 aliphatic rings. The van der Waals surface area contributed by atoms with Gasteiger partial charge in [0.15, 0.2) is 0 Å². The summed E-state index contributed by atoms with van der Waals surface area (Å²) in [6.45, 7) is 6.09. The summed E-state index contributed by atoms with van der Waals surface area (Å²) in [6, 6.07) is 10.5. The Labute approximate surface area is 185 Å². The van der Waals surface area contributed by atoms with Crippen LogP contribution in [0.15, 0.2) is 64.5 Å². The van der Waals surface area contributed by atoms with E-state index in [1.54, 1.807) is 12.1 Å². The number of aryl methyl sites for hydroxylation is 1. The average molecular weight is 460 g/mol. The molecular weight excluding hydrogens is 438 g/mol. The summed E-state index contributed by atoms with van der Waals surface area (Å²) in [5, 5.41) is 0.165. The molecule has 0 aliphatic carbocycles. The normalized spacial score (nSPS) is 11.9. The number of benzene rings is 1. The molecule has 3 rings (SSSR count). The van der Waals surface area contributed by atoms with Crippen molar-refractivity contribution in [3.8, 4) is 0 Å². The van der Waals surface area contributed by atoms with Crippen molar-refractivity contribution in [2.45, 2.75) is 31.1 Å². The fourth-order valence-electron chi connectivity index (χ4n) is 2.90. The number of carbonyl (C=O) groups is 1. The van der Waals surface area contributed by atoms with Crippen molar-refractivity contribution in [2.75, 3.05) is 4.72 Å². The maximum absolute atomic E-state index is 13.0. The lowest BCUT2D eigenvalue weighted by atomic mass is 9.87. The van der Waals surface area contributed by atoms with Gasteiger partial charge in [-0.15, -0.1) is 0 Å². The first-order valence-electron chi connectivity index (χ1n) is 9.39. The molecule has 0 unspecified atom stereocenters. The van der Waals surface area contributed by atoms with E-state index in [9.17, 15) is 18.0 Å². The number of aromatic nitrogens is 2. The van der Waals surface area contributed by atoms with Gasteiger partial charge in [-0.3, -0.25) is 14.3 Å². The minimum Gasteiger partial charge on any atom is -0.318 e. The molecule has 1 N–H and O–H groups in total. The summed E-state index contributed by atoms with van der Waals surface area (Å²) in [5.74, 6) is -0.548. The molecule has 162 valence electrons. The van der Waals surface area contributed by atoms with Gasteiger partial charge < -0.3 is 4.57 Å². The van der Waals surface area contributed by atoms with Gasteiger partial charge in [-0.05, 0) is 35.2 Å². The highest BCUT2D eigenvalue weighted by molar-refractivity contribution is 7.92. The Morgan fingerprint density at radius 2 is 1.74 bits per heavy atom. The lowest BCUT2D eigenvalue weighted by molar-refractivity contribution is 0.103. The second-order valence-electron chi connectivity index (χ2n) is 8.13. The second kappa shape index (κ2) is 8.28. The molecule has 3 aromatic rings. The molecule has 0 amide bonds. The highest BCUT2D eigenvalue weighted by Crippen LogP contribution is 2.26. The zero-order chi connectivity index (χ0) is 23.0. The van der Waals surface area contributed by atoms with E-state index in [2.05, 4.69) is 9.71 Å². The van der Waals surface area contributed by atoms with Crippen LogP contribution in [0.3, 0.4) is 0 Å². The molecule has 31 heavy (non-hydrogen) atoms. The average Bonchev–Trinajstić information content (AvgIpc) is 2.69. The number of sulfonamides is 1. The molecule has 0 atom stereocenters. The van der Waals surface area contributed by atoms with Gasteiger partial charge in [0, 0.05) is 31.1 Å². The summed E-state index contributed by atoms with van der Waals surface area (Å²) in [6.07, 6.45) is 2.62. The minimum absolute atomic E-state index is 0.0426. The molecule has 9 heteroatoms. The summed E-state index contributed by atoms with van der Waals surface area (Å²) in [7, 11) is -2.49. The van der Waals surface area contributed by atoms with Crippen LogP contribution in [-0.2, 0) is 22.5 Å². The molecule has 7 nitrogen and oxygen atoms in total. The molecule has 0 radical (unpaired) electrons. The van der Waals surface area contributed by atoms with Crippen LogP contribution in [0.1, 0.15) is 42.4 Å². The quantitative estimate of drug-likeness (QED) is 0.586. The number of nitrogens with one attached hydrogen (secondary N) is 1. The highest BCUT2D eigenvalue weighted by Gasteiger charge is 2.22. The van der Waals surface area contributed by atoms with Crippen LogP contribution >= 0.6 is 11.6 Å². The largest absolute Gasteiger partial charge is 0.318 e. The maximum Gasteiger partial charge on any atom is 0.261 e. The Kier molecular flexibility index (Phi) is 6.07. The molecule has 0 aliphatic heterocycles. The Morgan fingerprint density at radius 3 is 2.32 bits per heavy atom. The predicted octanol–water partition coefficient (Wildman–Crippen LogP) is 3.76. The van der Waals surface area contributed by atoms with E-state index in [1.165, 1.54) is 54.3 Å². The van der Waals surface area contributed by atoms with Gasteiger partial charge in [0.05, 0.1) is 15.6 Å². The van der Waals surface area contributed by atoms with Gasteiger partial charge in [0.25, 0.3) is 10.0 Å². The van der Waals surface area contributed by atoms with Crippen LogP contribution in [0.4, 0.5) is 5.69 Å². The van der Waals surface area contributed by atoms with Crippen molar-refractivity contribution in [3.63, 3.8) is 0 Å². The van der Waals surface area contributed by atoms with Gasteiger partial charge in [-0.1, -0.05) is 44.5 Å². The fourth-order valence-corrected chi connectivity index (χ4v) is 4.12. The Morgan fingerprint density at radius 1 is 1.10 bits per heavy atom. The number of rotatable bonds is 5. The van der Waals surface area contributed by atoms with E-state index in [4.69, 9.17) is 11.6 Å². The molecule has 0 saturated heterocycles. The van der Waals surface area contributed by atoms with Crippen molar-refractivity contribution >= 4 is 33.1 Å². The Hall–Kier alpha value is -2.97. The number of anilines is 1. The maximum atomic E-state index is 13.0. The molecule has 2 aromatic heterocycles. The van der Waals surface area contributed by atoms with Crippen LogP contribution in [-0.4, -0.2) is 23.8 Å². The van der Waals surface area contributed by atoms with Gasteiger partial charge in [-0.25, -0.2) is 13.4 Å². The second-order valence-corrected chi connectivity index (χ2v) is 10.2. The number of nitrogens with zero attached hydrogens (tertiary/aromatic N) is 2. The zero-order valence-corrected chi connectivity index (χ0v) is 19.1. The van der Waals surface area contributed by atoms with Gasteiger partial charge in [0.2, 0.25) is 11.3 Å². The van der Waals surface area contributed by atoms with E-state index in [1.807, 2.05) is 20.8 Å². The highest BCUT2D eigenvalue weighted by atomic mass is 35.5.